The number of rotatable bonds is 3. The minimum absolute atomic E-state index is 0.0796. The molecule has 1 aliphatic heterocycles. The van der Waals surface area contributed by atoms with E-state index in [2.05, 4.69) is 10.3 Å². The zero-order chi connectivity index (χ0) is 13.2. The first-order valence-corrected chi connectivity index (χ1v) is 7.03. The largest absolute Gasteiger partial charge is 0.480 e. The fraction of sp³-hybridized carbons (Fsp3) is 0.286. The summed E-state index contributed by atoms with van der Waals surface area (Å²) < 4.78 is 5.63. The Balaban J connectivity index is 1.58. The second kappa shape index (κ2) is 5.01. The molecule has 1 N–H and O–H groups in total. The van der Waals surface area contributed by atoms with Gasteiger partial charge in [0.15, 0.2) is 6.10 Å². The Kier molecular flexibility index (Phi) is 3.21. The number of amides is 1. The van der Waals surface area contributed by atoms with Gasteiger partial charge in [0.1, 0.15) is 10.8 Å². The van der Waals surface area contributed by atoms with Crippen LogP contribution in [0.5, 0.6) is 5.75 Å². The fourth-order valence-electron chi connectivity index (χ4n) is 2.09. The molecule has 5 heteroatoms. The number of benzene rings is 1. The van der Waals surface area contributed by atoms with Crippen molar-refractivity contribution >= 4 is 17.2 Å². The second-order valence-corrected chi connectivity index (χ2v) is 5.46. The van der Waals surface area contributed by atoms with Crippen molar-refractivity contribution in [3.05, 3.63) is 45.9 Å². The van der Waals surface area contributed by atoms with Crippen molar-refractivity contribution in [3.8, 4) is 5.75 Å². The molecule has 0 aliphatic carbocycles. The van der Waals surface area contributed by atoms with Crippen LogP contribution in [0.2, 0.25) is 0 Å². The first kappa shape index (κ1) is 12.2. The summed E-state index contributed by atoms with van der Waals surface area (Å²) in [4.78, 5) is 16.3. The quantitative estimate of drug-likeness (QED) is 0.932. The van der Waals surface area contributed by atoms with E-state index in [0.717, 1.165) is 22.0 Å². The summed E-state index contributed by atoms with van der Waals surface area (Å²) in [5.41, 5.74) is 2.08. The van der Waals surface area contributed by atoms with E-state index in [9.17, 15) is 4.79 Å². The second-order valence-electron chi connectivity index (χ2n) is 4.52. The molecule has 1 aromatic heterocycles. The Hall–Kier alpha value is -1.88. The SMILES string of the molecule is Cc1csc(CNC(=O)[C@H]2Cc3ccccc3O2)n1. The molecule has 1 atom stereocenters. The van der Waals surface area contributed by atoms with E-state index in [1.165, 1.54) is 0 Å². The molecule has 19 heavy (non-hydrogen) atoms. The number of carbonyl (C=O) groups excluding carboxylic acids is 1. The van der Waals surface area contributed by atoms with E-state index in [4.69, 9.17) is 4.74 Å². The van der Waals surface area contributed by atoms with E-state index in [0.29, 0.717) is 13.0 Å². The van der Waals surface area contributed by atoms with E-state index < -0.39 is 6.10 Å². The maximum Gasteiger partial charge on any atom is 0.261 e. The zero-order valence-corrected chi connectivity index (χ0v) is 11.4. The maximum absolute atomic E-state index is 12.0. The lowest BCUT2D eigenvalue weighted by atomic mass is 10.1. The molecule has 1 aromatic carbocycles. The van der Waals surface area contributed by atoms with Crippen LogP contribution in [-0.4, -0.2) is 17.0 Å². The molecule has 1 aliphatic rings. The molecule has 0 saturated heterocycles. The van der Waals surface area contributed by atoms with E-state index in [1.807, 2.05) is 36.6 Å². The average molecular weight is 274 g/mol. The summed E-state index contributed by atoms with van der Waals surface area (Å²) in [5.74, 6) is 0.733. The topological polar surface area (TPSA) is 51.2 Å². The molecule has 4 nitrogen and oxygen atoms in total. The van der Waals surface area contributed by atoms with Gasteiger partial charge in [-0.2, -0.15) is 0 Å². The Labute approximate surface area is 115 Å². The van der Waals surface area contributed by atoms with Crippen LogP contribution in [0.25, 0.3) is 0 Å². The number of nitrogens with zero attached hydrogens (tertiary/aromatic N) is 1. The van der Waals surface area contributed by atoms with Crippen LogP contribution in [0, 0.1) is 6.92 Å². The number of para-hydroxylation sites is 1. The van der Waals surface area contributed by atoms with Crippen molar-refractivity contribution < 1.29 is 9.53 Å². The van der Waals surface area contributed by atoms with Crippen molar-refractivity contribution in [1.82, 2.24) is 10.3 Å². The number of aryl methyl sites for hydroxylation is 1. The molecular weight excluding hydrogens is 260 g/mol. The van der Waals surface area contributed by atoms with Gasteiger partial charge in [-0.05, 0) is 18.6 Å². The maximum atomic E-state index is 12.0. The lowest BCUT2D eigenvalue weighted by molar-refractivity contribution is -0.127. The standard InChI is InChI=1S/C14H14N2O2S/c1-9-8-19-13(16-9)7-15-14(17)12-6-10-4-2-3-5-11(10)18-12/h2-5,8,12H,6-7H2,1H3,(H,15,17)/t12-/m1/s1. The smallest absolute Gasteiger partial charge is 0.261 e. The molecule has 0 unspecified atom stereocenters. The summed E-state index contributed by atoms with van der Waals surface area (Å²) in [6.07, 6.45) is 0.220. The van der Waals surface area contributed by atoms with E-state index in [1.54, 1.807) is 11.3 Å². The lowest BCUT2D eigenvalue weighted by Gasteiger charge is -2.10. The van der Waals surface area contributed by atoms with E-state index >= 15 is 0 Å². The van der Waals surface area contributed by atoms with Gasteiger partial charge in [0, 0.05) is 17.5 Å². The highest BCUT2D eigenvalue weighted by Gasteiger charge is 2.28. The summed E-state index contributed by atoms with van der Waals surface area (Å²) in [6.45, 7) is 2.41. The highest BCUT2D eigenvalue weighted by atomic mass is 32.1. The van der Waals surface area contributed by atoms with Gasteiger partial charge < -0.3 is 10.1 Å². The average Bonchev–Trinajstić information content (AvgIpc) is 3.01. The minimum atomic E-state index is -0.418. The van der Waals surface area contributed by atoms with E-state index in [-0.39, 0.29) is 5.91 Å². The molecule has 0 bridgehead atoms. The summed E-state index contributed by atoms with van der Waals surface area (Å²) >= 11 is 1.55. The molecule has 0 spiro atoms. The third-order valence-corrected chi connectivity index (χ3v) is 3.99. The van der Waals surface area contributed by atoms with Crippen LogP contribution in [0.4, 0.5) is 0 Å². The summed E-state index contributed by atoms with van der Waals surface area (Å²) in [6, 6.07) is 7.76. The molecule has 0 radical (unpaired) electrons. The van der Waals surface area contributed by atoms with Crippen molar-refractivity contribution in [2.75, 3.05) is 0 Å². The predicted octanol–water partition coefficient (Wildman–Crippen LogP) is 2.07. The number of hydrogen-bond donors (Lipinski definition) is 1. The van der Waals surface area contributed by atoms with Crippen LogP contribution < -0.4 is 10.1 Å². The van der Waals surface area contributed by atoms with Gasteiger partial charge in [0.2, 0.25) is 0 Å². The molecule has 98 valence electrons. The third kappa shape index (κ3) is 2.61. The number of ether oxygens (including phenoxy) is 1. The molecule has 2 aromatic rings. The number of aromatic nitrogens is 1. The number of thiazole rings is 1. The number of hydrogen-bond acceptors (Lipinski definition) is 4. The summed E-state index contributed by atoms with van der Waals surface area (Å²) in [5, 5.41) is 5.77. The molecule has 0 fully saturated rings. The van der Waals surface area contributed by atoms with Gasteiger partial charge in [0.05, 0.1) is 6.54 Å². The lowest BCUT2D eigenvalue weighted by Crippen LogP contribution is -2.36. The normalized spacial score (nSPS) is 16.8. The van der Waals surface area contributed by atoms with Crippen molar-refractivity contribution in [1.29, 1.82) is 0 Å². The zero-order valence-electron chi connectivity index (χ0n) is 10.6. The van der Waals surface area contributed by atoms with Gasteiger partial charge in [-0.1, -0.05) is 18.2 Å². The highest BCUT2D eigenvalue weighted by molar-refractivity contribution is 7.09. The molecule has 0 saturated carbocycles. The monoisotopic (exact) mass is 274 g/mol. The Morgan fingerprint density at radius 1 is 1.53 bits per heavy atom. The number of nitrogens with one attached hydrogen (secondary N) is 1. The van der Waals surface area contributed by atoms with Crippen LogP contribution in [0.3, 0.4) is 0 Å². The molecular formula is C14H14N2O2S. The summed E-state index contributed by atoms with van der Waals surface area (Å²) in [7, 11) is 0. The van der Waals surface area contributed by atoms with Gasteiger partial charge in [0.25, 0.3) is 5.91 Å². The number of fused-ring (bicyclic) bond motifs is 1. The minimum Gasteiger partial charge on any atom is -0.480 e. The fourth-order valence-corrected chi connectivity index (χ4v) is 2.80. The van der Waals surface area contributed by atoms with Crippen molar-refractivity contribution in [2.45, 2.75) is 26.0 Å². The third-order valence-electron chi connectivity index (χ3n) is 3.02. The predicted molar refractivity (Wildman–Crippen MR) is 73.3 cm³/mol. The molecule has 1 amide bonds. The van der Waals surface area contributed by atoms with Gasteiger partial charge in [-0.3, -0.25) is 4.79 Å². The van der Waals surface area contributed by atoms with Crippen molar-refractivity contribution in [2.24, 2.45) is 0 Å². The Bertz CT molecular complexity index is 584. The number of carbonyl (C=O) groups is 1. The molecule has 3 rings (SSSR count). The van der Waals surface area contributed by atoms with Gasteiger partial charge >= 0.3 is 0 Å². The van der Waals surface area contributed by atoms with Crippen LogP contribution >= 0.6 is 11.3 Å². The van der Waals surface area contributed by atoms with Crippen molar-refractivity contribution in [3.63, 3.8) is 0 Å². The highest BCUT2D eigenvalue weighted by Crippen LogP contribution is 2.28. The Morgan fingerprint density at radius 2 is 2.37 bits per heavy atom. The van der Waals surface area contributed by atoms with Crippen LogP contribution in [0.15, 0.2) is 29.6 Å². The van der Waals surface area contributed by atoms with Gasteiger partial charge in [-0.15, -0.1) is 11.3 Å². The van der Waals surface area contributed by atoms with Gasteiger partial charge in [-0.25, -0.2) is 4.98 Å². The van der Waals surface area contributed by atoms with Crippen LogP contribution in [-0.2, 0) is 17.8 Å². The molecule has 2 heterocycles. The first-order chi connectivity index (χ1) is 9.22. The van der Waals surface area contributed by atoms with Crippen LogP contribution in [0.1, 0.15) is 16.3 Å². The Morgan fingerprint density at radius 3 is 3.11 bits per heavy atom. The first-order valence-electron chi connectivity index (χ1n) is 6.15.